The lowest BCUT2D eigenvalue weighted by atomic mass is 10.1. The Morgan fingerprint density at radius 3 is 2.71 bits per heavy atom. The van der Waals surface area contributed by atoms with E-state index < -0.39 is 47.9 Å². The molecule has 0 aliphatic heterocycles. The van der Waals surface area contributed by atoms with Gasteiger partial charge in [0.25, 0.3) is 5.56 Å². The Kier molecular flexibility index (Phi) is 2.89. The minimum atomic E-state index is -1.34. The molecule has 24 heavy (non-hydrogen) atoms. The lowest BCUT2D eigenvalue weighted by Gasteiger charge is -2.20. The Morgan fingerprint density at radius 1 is 1.33 bits per heavy atom. The quantitative estimate of drug-likeness (QED) is 0.753. The third-order valence-corrected chi connectivity index (χ3v) is 3.83. The SMILES string of the molecule is [2H]c1c([2H])c([2H])c(-n2c(C(C)NC(=O)O)cc3cccc(Cl)c3c2=O)c([2H])c1[2H]. The molecule has 0 aliphatic carbocycles. The maximum Gasteiger partial charge on any atom is 0.405 e. The van der Waals surface area contributed by atoms with Gasteiger partial charge in [0.2, 0.25) is 0 Å². The second-order valence-corrected chi connectivity index (χ2v) is 5.47. The fourth-order valence-corrected chi connectivity index (χ4v) is 2.77. The monoisotopic (exact) mass is 347 g/mol. The van der Waals surface area contributed by atoms with Crippen molar-refractivity contribution in [2.75, 3.05) is 0 Å². The lowest BCUT2D eigenvalue weighted by Crippen LogP contribution is -2.31. The summed E-state index contributed by atoms with van der Waals surface area (Å²) in [6, 6.07) is 2.30. The summed E-state index contributed by atoms with van der Waals surface area (Å²) in [5, 5.41) is 12.0. The molecule has 0 saturated carbocycles. The van der Waals surface area contributed by atoms with Gasteiger partial charge < -0.3 is 10.4 Å². The molecule has 0 radical (unpaired) electrons. The van der Waals surface area contributed by atoms with E-state index >= 15 is 0 Å². The van der Waals surface area contributed by atoms with E-state index in [4.69, 9.17) is 23.6 Å². The summed E-state index contributed by atoms with van der Waals surface area (Å²) in [6.45, 7) is 1.48. The molecule has 0 fully saturated rings. The number of carbonyl (C=O) groups is 1. The van der Waals surface area contributed by atoms with Crippen LogP contribution in [0.5, 0.6) is 0 Å². The number of rotatable bonds is 3. The van der Waals surface area contributed by atoms with Crippen molar-refractivity contribution in [2.45, 2.75) is 13.0 Å². The van der Waals surface area contributed by atoms with E-state index in [0.717, 1.165) is 4.57 Å². The van der Waals surface area contributed by atoms with E-state index in [1.54, 1.807) is 12.1 Å². The molecular weight excluding hydrogens is 328 g/mol. The second-order valence-electron chi connectivity index (χ2n) is 5.06. The maximum atomic E-state index is 13.3. The average molecular weight is 348 g/mol. The number of benzene rings is 2. The third kappa shape index (κ3) is 2.86. The molecule has 3 rings (SSSR count). The predicted octanol–water partition coefficient (Wildman–Crippen LogP) is 3.97. The normalized spacial score (nSPS) is 15.0. The van der Waals surface area contributed by atoms with Gasteiger partial charge in [-0.2, -0.15) is 0 Å². The second kappa shape index (κ2) is 6.37. The van der Waals surface area contributed by atoms with Gasteiger partial charge in [-0.1, -0.05) is 41.9 Å². The summed E-state index contributed by atoms with van der Waals surface area (Å²) in [6.07, 6.45) is -1.34. The van der Waals surface area contributed by atoms with Crippen LogP contribution >= 0.6 is 11.6 Å². The summed E-state index contributed by atoms with van der Waals surface area (Å²) in [5.74, 6) is 0. The van der Waals surface area contributed by atoms with E-state index in [0.29, 0.717) is 5.39 Å². The van der Waals surface area contributed by atoms with Crippen LogP contribution in [-0.4, -0.2) is 15.8 Å². The molecule has 5 nitrogen and oxygen atoms in total. The molecule has 0 aliphatic rings. The lowest BCUT2D eigenvalue weighted by molar-refractivity contribution is 0.190. The highest BCUT2D eigenvalue weighted by Crippen LogP contribution is 2.25. The number of hydrogen-bond donors (Lipinski definition) is 2. The van der Waals surface area contributed by atoms with Crippen molar-refractivity contribution in [3.05, 3.63) is 75.5 Å². The van der Waals surface area contributed by atoms with E-state index in [9.17, 15) is 9.59 Å². The van der Waals surface area contributed by atoms with E-state index in [1.807, 2.05) is 0 Å². The number of aromatic nitrogens is 1. The topological polar surface area (TPSA) is 71.3 Å². The summed E-state index contributed by atoms with van der Waals surface area (Å²) >= 11 is 6.18. The number of pyridine rings is 1. The molecule has 122 valence electrons. The molecule has 1 amide bonds. The zero-order chi connectivity index (χ0) is 21.6. The Labute approximate surface area is 150 Å². The number of halogens is 1. The maximum absolute atomic E-state index is 13.3. The van der Waals surface area contributed by atoms with Crippen LogP contribution < -0.4 is 10.9 Å². The van der Waals surface area contributed by atoms with Gasteiger partial charge >= 0.3 is 6.09 Å². The first kappa shape index (κ1) is 10.9. The number of nitrogens with one attached hydrogen (secondary N) is 1. The standard InChI is InChI=1S/C18H15ClN2O3/c1-11(20-18(23)24)15-10-12-6-5-9-14(19)16(12)17(22)21(15)13-7-3-2-4-8-13/h2-11,20H,1H3,(H,23,24)/i2D,3D,4D,7D,8D. The summed E-state index contributed by atoms with van der Waals surface area (Å²) in [7, 11) is 0. The van der Waals surface area contributed by atoms with Crippen LogP contribution in [0.1, 0.15) is 25.5 Å². The van der Waals surface area contributed by atoms with Gasteiger partial charge in [-0.15, -0.1) is 0 Å². The molecule has 1 heterocycles. The molecule has 6 heteroatoms. The first-order chi connectivity index (χ1) is 13.6. The van der Waals surface area contributed by atoms with Crippen molar-refractivity contribution in [1.82, 2.24) is 9.88 Å². The number of hydrogen-bond acceptors (Lipinski definition) is 2. The van der Waals surface area contributed by atoms with Crippen LogP contribution in [0.4, 0.5) is 4.79 Å². The fraction of sp³-hybridized carbons (Fsp3) is 0.111. The molecule has 1 aromatic heterocycles. The van der Waals surface area contributed by atoms with Crippen molar-refractivity contribution in [2.24, 2.45) is 0 Å². The Bertz CT molecular complexity index is 1200. The molecule has 0 spiro atoms. The van der Waals surface area contributed by atoms with Crippen LogP contribution in [0.3, 0.4) is 0 Å². The van der Waals surface area contributed by atoms with Gasteiger partial charge in [0.15, 0.2) is 0 Å². The van der Waals surface area contributed by atoms with E-state index in [-0.39, 0.29) is 21.8 Å². The van der Waals surface area contributed by atoms with Crippen molar-refractivity contribution in [1.29, 1.82) is 0 Å². The minimum Gasteiger partial charge on any atom is -0.465 e. The summed E-state index contributed by atoms with van der Waals surface area (Å²) in [4.78, 5) is 24.5. The smallest absolute Gasteiger partial charge is 0.405 e. The Hall–Kier alpha value is -2.79. The van der Waals surface area contributed by atoms with Crippen molar-refractivity contribution >= 4 is 28.5 Å². The summed E-state index contributed by atoms with van der Waals surface area (Å²) in [5.41, 5.74) is -0.997. The highest BCUT2D eigenvalue weighted by Gasteiger charge is 2.18. The largest absolute Gasteiger partial charge is 0.465 e. The Morgan fingerprint density at radius 2 is 2.04 bits per heavy atom. The summed E-state index contributed by atoms with van der Waals surface area (Å²) < 4.78 is 40.9. The van der Waals surface area contributed by atoms with E-state index in [2.05, 4.69) is 5.32 Å². The molecule has 0 bridgehead atoms. The molecule has 2 aromatic carbocycles. The molecule has 2 N–H and O–H groups in total. The number of para-hydroxylation sites is 1. The van der Waals surface area contributed by atoms with Gasteiger partial charge in [0, 0.05) is 11.4 Å². The van der Waals surface area contributed by atoms with Gasteiger partial charge in [0.05, 0.1) is 23.3 Å². The molecular formula is C18H15ClN2O3. The number of carboxylic acid groups (broad SMARTS) is 1. The highest BCUT2D eigenvalue weighted by atomic mass is 35.5. The van der Waals surface area contributed by atoms with Crippen LogP contribution in [0.2, 0.25) is 5.02 Å². The third-order valence-electron chi connectivity index (χ3n) is 3.52. The first-order valence-electron chi connectivity index (χ1n) is 9.47. The van der Waals surface area contributed by atoms with Gasteiger partial charge in [-0.3, -0.25) is 9.36 Å². The van der Waals surface area contributed by atoms with Crippen LogP contribution in [0.15, 0.2) is 59.3 Å². The molecule has 3 aromatic rings. The minimum absolute atomic E-state index is 0.0900. The number of nitrogens with zero attached hydrogens (tertiary/aromatic N) is 1. The highest BCUT2D eigenvalue weighted by molar-refractivity contribution is 6.35. The van der Waals surface area contributed by atoms with Crippen molar-refractivity contribution < 1.29 is 16.8 Å². The predicted molar refractivity (Wildman–Crippen MR) is 94.1 cm³/mol. The molecule has 0 saturated heterocycles. The number of amides is 1. The van der Waals surface area contributed by atoms with Crippen LogP contribution in [-0.2, 0) is 0 Å². The van der Waals surface area contributed by atoms with Crippen LogP contribution in [0.25, 0.3) is 16.5 Å². The zero-order valence-electron chi connectivity index (χ0n) is 17.5. The molecule has 1 unspecified atom stereocenters. The van der Waals surface area contributed by atoms with Gasteiger partial charge in [-0.05, 0) is 36.5 Å². The van der Waals surface area contributed by atoms with Crippen molar-refractivity contribution in [3.63, 3.8) is 0 Å². The van der Waals surface area contributed by atoms with Crippen LogP contribution in [0, 0.1) is 0 Å². The average Bonchev–Trinajstić information content (AvgIpc) is 2.65. The van der Waals surface area contributed by atoms with Gasteiger partial charge in [0.1, 0.15) is 0 Å². The fourth-order valence-electron chi connectivity index (χ4n) is 2.50. The molecule has 1 atom stereocenters. The van der Waals surface area contributed by atoms with Gasteiger partial charge in [-0.25, -0.2) is 4.79 Å². The zero-order valence-corrected chi connectivity index (χ0v) is 13.2. The van der Waals surface area contributed by atoms with Crippen molar-refractivity contribution in [3.8, 4) is 5.69 Å². The Balaban J connectivity index is 2.53. The first-order valence-corrected chi connectivity index (χ1v) is 7.35. The van der Waals surface area contributed by atoms with E-state index in [1.165, 1.54) is 19.1 Å². The number of fused-ring (bicyclic) bond motifs is 1.